The third-order valence-electron chi connectivity index (χ3n) is 2.57. The molecule has 0 atom stereocenters. The normalized spacial score (nSPS) is 10.6. The third-order valence-corrected chi connectivity index (χ3v) is 3.17. The first-order valence-corrected chi connectivity index (χ1v) is 6.34. The molecule has 0 radical (unpaired) electrons. The van der Waals surface area contributed by atoms with Crippen molar-refractivity contribution < 1.29 is 15.0 Å². The van der Waals surface area contributed by atoms with E-state index in [0.29, 0.717) is 6.42 Å². The van der Waals surface area contributed by atoms with Gasteiger partial charge in [-0.2, -0.15) is 0 Å². The summed E-state index contributed by atoms with van der Waals surface area (Å²) in [6.07, 6.45) is 2.13. The number of thioether (sulfide) groups is 1. The van der Waals surface area contributed by atoms with Gasteiger partial charge in [0, 0.05) is 6.42 Å². The molecule has 0 aliphatic carbocycles. The molecule has 17 heavy (non-hydrogen) atoms. The van der Waals surface area contributed by atoms with Gasteiger partial charge in [-0.25, -0.2) is 0 Å². The van der Waals surface area contributed by atoms with E-state index in [-0.39, 0.29) is 16.6 Å². The van der Waals surface area contributed by atoms with Crippen LogP contribution in [0.5, 0.6) is 11.5 Å². The van der Waals surface area contributed by atoms with E-state index in [4.69, 9.17) is 0 Å². The average Bonchev–Trinajstić information content (AvgIpc) is 2.31. The summed E-state index contributed by atoms with van der Waals surface area (Å²) in [6, 6.07) is 8.54. The van der Waals surface area contributed by atoms with Crippen LogP contribution in [0.25, 0.3) is 10.8 Å². The van der Waals surface area contributed by atoms with Crippen LogP contribution < -0.4 is 0 Å². The van der Waals surface area contributed by atoms with E-state index in [1.54, 1.807) is 6.26 Å². The van der Waals surface area contributed by atoms with Gasteiger partial charge in [0.15, 0.2) is 16.6 Å². The van der Waals surface area contributed by atoms with Gasteiger partial charge in [0.1, 0.15) is 0 Å². The molecule has 4 heteroatoms. The maximum atomic E-state index is 11.3. The number of phenols is 2. The van der Waals surface area contributed by atoms with Crippen molar-refractivity contribution in [2.75, 3.05) is 6.26 Å². The van der Waals surface area contributed by atoms with Gasteiger partial charge < -0.3 is 10.2 Å². The smallest absolute Gasteiger partial charge is 0.193 e. The van der Waals surface area contributed by atoms with Crippen LogP contribution in [0.1, 0.15) is 5.56 Å². The summed E-state index contributed by atoms with van der Waals surface area (Å²) in [7, 11) is 0. The van der Waals surface area contributed by atoms with Crippen molar-refractivity contribution in [2.45, 2.75) is 6.42 Å². The first-order chi connectivity index (χ1) is 8.10. The molecule has 0 aliphatic heterocycles. The minimum atomic E-state index is -0.147. The molecule has 2 aromatic carbocycles. The minimum absolute atomic E-state index is 0.104. The zero-order chi connectivity index (χ0) is 12.4. The van der Waals surface area contributed by atoms with Gasteiger partial charge in [0.25, 0.3) is 0 Å². The fourth-order valence-corrected chi connectivity index (χ4v) is 1.98. The number of aromatic hydroxyl groups is 2. The predicted molar refractivity (Wildman–Crippen MR) is 69.5 cm³/mol. The van der Waals surface area contributed by atoms with Crippen LogP contribution in [0.2, 0.25) is 0 Å². The maximum Gasteiger partial charge on any atom is 0.193 e. The fourth-order valence-electron chi connectivity index (χ4n) is 1.67. The van der Waals surface area contributed by atoms with Gasteiger partial charge in [-0.1, -0.05) is 30.0 Å². The molecule has 0 amide bonds. The number of hydrogen-bond donors (Lipinski definition) is 2. The van der Waals surface area contributed by atoms with Crippen LogP contribution >= 0.6 is 11.8 Å². The van der Waals surface area contributed by atoms with Crippen molar-refractivity contribution in [3.8, 4) is 11.5 Å². The lowest BCUT2D eigenvalue weighted by Crippen LogP contribution is -1.96. The van der Waals surface area contributed by atoms with Gasteiger partial charge in [0.05, 0.1) is 0 Å². The lowest BCUT2D eigenvalue weighted by molar-refractivity contribution is -0.110. The molecule has 0 fully saturated rings. The van der Waals surface area contributed by atoms with Crippen LogP contribution in [0.15, 0.2) is 30.3 Å². The SMILES string of the molecule is CSC(=O)Cc1ccc2cc(O)c(O)cc2c1. The summed E-state index contributed by atoms with van der Waals surface area (Å²) in [4.78, 5) is 11.3. The highest BCUT2D eigenvalue weighted by atomic mass is 32.2. The highest BCUT2D eigenvalue weighted by Gasteiger charge is 2.05. The molecule has 2 N–H and O–H groups in total. The molecular formula is C13H12O3S. The molecule has 0 unspecified atom stereocenters. The van der Waals surface area contributed by atoms with Gasteiger partial charge in [0.2, 0.25) is 0 Å². The molecule has 0 heterocycles. The number of benzene rings is 2. The van der Waals surface area contributed by atoms with E-state index in [1.807, 2.05) is 18.2 Å². The number of phenolic OH excluding ortho intramolecular Hbond substituents is 2. The molecule has 0 saturated carbocycles. The summed E-state index contributed by atoms with van der Waals surface area (Å²) in [5.41, 5.74) is 0.905. The summed E-state index contributed by atoms with van der Waals surface area (Å²) in [5, 5.41) is 20.5. The maximum absolute atomic E-state index is 11.3. The van der Waals surface area contributed by atoms with Crippen LogP contribution in [0.4, 0.5) is 0 Å². The van der Waals surface area contributed by atoms with Crippen LogP contribution in [0.3, 0.4) is 0 Å². The van der Waals surface area contributed by atoms with Crippen LogP contribution in [0, 0.1) is 0 Å². The van der Waals surface area contributed by atoms with Gasteiger partial charge >= 0.3 is 0 Å². The molecule has 0 aromatic heterocycles. The van der Waals surface area contributed by atoms with E-state index in [1.165, 1.54) is 23.9 Å². The molecular weight excluding hydrogens is 236 g/mol. The second-order valence-corrected chi connectivity index (χ2v) is 4.64. The Labute approximate surface area is 103 Å². The van der Waals surface area contributed by atoms with E-state index >= 15 is 0 Å². The van der Waals surface area contributed by atoms with Crippen LogP contribution in [-0.2, 0) is 11.2 Å². The first kappa shape index (κ1) is 11.8. The van der Waals surface area contributed by atoms with E-state index in [2.05, 4.69) is 0 Å². The lowest BCUT2D eigenvalue weighted by Gasteiger charge is -2.04. The Balaban J connectivity index is 2.43. The Morgan fingerprint density at radius 1 is 1.12 bits per heavy atom. The average molecular weight is 248 g/mol. The molecule has 0 aliphatic rings. The van der Waals surface area contributed by atoms with E-state index in [0.717, 1.165) is 16.3 Å². The predicted octanol–water partition coefficient (Wildman–Crippen LogP) is 2.68. The van der Waals surface area contributed by atoms with E-state index in [9.17, 15) is 15.0 Å². The van der Waals surface area contributed by atoms with E-state index < -0.39 is 0 Å². The van der Waals surface area contributed by atoms with Crippen molar-refractivity contribution in [1.82, 2.24) is 0 Å². The summed E-state index contributed by atoms with van der Waals surface area (Å²) in [5.74, 6) is -0.281. The Kier molecular flexibility index (Phi) is 3.24. The van der Waals surface area contributed by atoms with Crippen LogP contribution in [-0.4, -0.2) is 21.6 Å². The zero-order valence-electron chi connectivity index (χ0n) is 9.30. The molecule has 2 aromatic rings. The standard InChI is InChI=1S/C13H12O3S/c1-17-13(16)5-8-2-3-9-6-11(14)12(15)7-10(9)4-8/h2-4,6-7,14-15H,5H2,1H3. The van der Waals surface area contributed by atoms with Crippen molar-refractivity contribution in [2.24, 2.45) is 0 Å². The second-order valence-electron chi connectivity index (χ2n) is 3.78. The zero-order valence-corrected chi connectivity index (χ0v) is 10.1. The highest BCUT2D eigenvalue weighted by molar-refractivity contribution is 8.13. The summed E-state index contributed by atoms with van der Waals surface area (Å²) < 4.78 is 0. The minimum Gasteiger partial charge on any atom is -0.504 e. The number of hydrogen-bond acceptors (Lipinski definition) is 4. The lowest BCUT2D eigenvalue weighted by atomic mass is 10.0. The number of carbonyl (C=O) groups is 1. The topological polar surface area (TPSA) is 57.5 Å². The number of rotatable bonds is 2. The Morgan fingerprint density at radius 3 is 2.41 bits per heavy atom. The largest absolute Gasteiger partial charge is 0.504 e. The molecule has 88 valence electrons. The highest BCUT2D eigenvalue weighted by Crippen LogP contribution is 2.30. The van der Waals surface area contributed by atoms with Gasteiger partial charge in [-0.15, -0.1) is 0 Å². The molecule has 2 rings (SSSR count). The Morgan fingerprint density at radius 2 is 1.76 bits per heavy atom. The molecule has 0 spiro atoms. The fraction of sp³-hybridized carbons (Fsp3) is 0.154. The third kappa shape index (κ3) is 2.53. The van der Waals surface area contributed by atoms with Crippen molar-refractivity contribution in [1.29, 1.82) is 0 Å². The van der Waals surface area contributed by atoms with Crippen molar-refractivity contribution >= 4 is 27.6 Å². The first-order valence-electron chi connectivity index (χ1n) is 5.11. The molecule has 0 bridgehead atoms. The monoisotopic (exact) mass is 248 g/mol. The summed E-state index contributed by atoms with van der Waals surface area (Å²) >= 11 is 1.20. The second kappa shape index (κ2) is 4.67. The Hall–Kier alpha value is -1.68. The van der Waals surface area contributed by atoms with Gasteiger partial charge in [-0.3, -0.25) is 4.79 Å². The number of fused-ring (bicyclic) bond motifs is 1. The van der Waals surface area contributed by atoms with Crippen molar-refractivity contribution in [3.05, 3.63) is 35.9 Å². The van der Waals surface area contributed by atoms with Gasteiger partial charge in [-0.05, 0) is 34.7 Å². The number of carbonyl (C=O) groups excluding carboxylic acids is 1. The molecule has 3 nitrogen and oxygen atoms in total. The molecule has 0 saturated heterocycles. The summed E-state index contributed by atoms with van der Waals surface area (Å²) in [6.45, 7) is 0. The van der Waals surface area contributed by atoms with Crippen molar-refractivity contribution in [3.63, 3.8) is 0 Å². The Bertz CT molecular complexity index is 578. The quantitative estimate of drug-likeness (QED) is 0.802.